The molecular formula is C41H49ClN8O8. The van der Waals surface area contributed by atoms with E-state index in [-0.39, 0.29) is 28.2 Å². The Hall–Kier alpha value is -6.03. The van der Waals surface area contributed by atoms with E-state index in [1.165, 1.54) is 18.2 Å². The SMILES string of the molecule is CC(C)(C)OC(=O)NC1(c2ccc(Nc3nc(Cl)ccc3[N+](=O)[O-])cc2)CCC1.Cc1ccc([N+](=O)[O-])c(Nc2ccc(C3(NC(=O)OC(C)(C)C)CCC3)cc2)n1. The number of nitrogens with zero attached hydrogens (tertiary/aromatic N) is 4. The molecule has 16 nitrogen and oxygen atoms in total. The molecule has 0 unspecified atom stereocenters. The zero-order chi connectivity index (χ0) is 42.5. The fourth-order valence-corrected chi connectivity index (χ4v) is 6.65. The average Bonchev–Trinajstić information content (AvgIpc) is 3.07. The first-order valence-corrected chi connectivity index (χ1v) is 19.2. The van der Waals surface area contributed by atoms with Gasteiger partial charge in [0.15, 0.2) is 0 Å². The van der Waals surface area contributed by atoms with E-state index in [4.69, 9.17) is 21.1 Å². The third-order valence-electron chi connectivity index (χ3n) is 9.54. The first-order valence-electron chi connectivity index (χ1n) is 18.9. The molecule has 2 amide bonds. The van der Waals surface area contributed by atoms with Gasteiger partial charge in [-0.2, -0.15) is 0 Å². The standard InChI is InChI=1S/C21H26N4O4.C20H23ClN4O4/c1-14-6-11-17(25(27)28)18(22-14)23-16-9-7-15(8-10-16)21(12-5-13-21)24-19(26)29-20(2,3)4;1-19(2,3)29-18(26)24-20(11-4-12-20)13-5-7-14(8-6-13)22-17-15(25(27)28)9-10-16(21)23-17/h6-11H,5,12-13H2,1-4H3,(H,22,23)(H,24,26);5-10H,4,11-12H2,1-3H3,(H,22,23)(H,24,26). The van der Waals surface area contributed by atoms with Crippen LogP contribution in [-0.2, 0) is 20.6 Å². The Morgan fingerprint density at radius 1 is 0.638 bits per heavy atom. The molecule has 0 bridgehead atoms. The number of hydrogen-bond donors (Lipinski definition) is 4. The van der Waals surface area contributed by atoms with Crippen molar-refractivity contribution in [2.24, 2.45) is 0 Å². The number of rotatable bonds is 10. The highest BCUT2D eigenvalue weighted by molar-refractivity contribution is 6.29. The number of ether oxygens (including phenoxy) is 2. The normalized spacial score (nSPS) is 15.2. The number of aromatic nitrogens is 2. The summed E-state index contributed by atoms with van der Waals surface area (Å²) >= 11 is 5.87. The highest BCUT2D eigenvalue weighted by Crippen LogP contribution is 2.43. The van der Waals surface area contributed by atoms with Crippen LogP contribution >= 0.6 is 11.6 Å². The minimum atomic E-state index is -0.568. The molecule has 0 aliphatic heterocycles. The second-order valence-corrected chi connectivity index (χ2v) is 16.8. The fraction of sp³-hybridized carbons (Fsp3) is 0.415. The summed E-state index contributed by atoms with van der Waals surface area (Å²) < 4.78 is 10.8. The van der Waals surface area contributed by atoms with Crippen molar-refractivity contribution in [3.05, 3.63) is 115 Å². The summed E-state index contributed by atoms with van der Waals surface area (Å²) in [6.45, 7) is 12.7. The largest absolute Gasteiger partial charge is 0.444 e. The van der Waals surface area contributed by atoms with Crippen LogP contribution in [0.1, 0.15) is 96.9 Å². The van der Waals surface area contributed by atoms with Crippen molar-refractivity contribution in [1.29, 1.82) is 0 Å². The molecule has 0 radical (unpaired) electrons. The monoisotopic (exact) mass is 816 g/mol. The van der Waals surface area contributed by atoms with Crippen LogP contribution in [0.3, 0.4) is 0 Å². The van der Waals surface area contributed by atoms with E-state index in [1.807, 2.05) is 77.9 Å². The van der Waals surface area contributed by atoms with Crippen molar-refractivity contribution >= 4 is 58.2 Å². The van der Waals surface area contributed by atoms with Crippen molar-refractivity contribution in [1.82, 2.24) is 20.6 Å². The summed E-state index contributed by atoms with van der Waals surface area (Å²) in [7, 11) is 0. The number of aryl methyl sites for hydroxylation is 1. The molecular weight excluding hydrogens is 768 g/mol. The quantitative estimate of drug-likeness (QED) is 0.0669. The van der Waals surface area contributed by atoms with Crippen LogP contribution in [0.2, 0.25) is 5.15 Å². The molecule has 308 valence electrons. The summed E-state index contributed by atoms with van der Waals surface area (Å²) in [6, 6.07) is 20.6. The molecule has 2 aliphatic carbocycles. The van der Waals surface area contributed by atoms with E-state index < -0.39 is 44.3 Å². The zero-order valence-corrected chi connectivity index (χ0v) is 34.4. The summed E-state index contributed by atoms with van der Waals surface area (Å²) in [4.78, 5) is 54.2. The van der Waals surface area contributed by atoms with Crippen molar-refractivity contribution in [2.75, 3.05) is 10.6 Å². The van der Waals surface area contributed by atoms with Gasteiger partial charge in [-0.15, -0.1) is 0 Å². The van der Waals surface area contributed by atoms with Gasteiger partial charge in [0.1, 0.15) is 16.4 Å². The van der Waals surface area contributed by atoms with E-state index in [9.17, 15) is 29.8 Å². The van der Waals surface area contributed by atoms with Crippen molar-refractivity contribution in [3.8, 4) is 0 Å². The third kappa shape index (κ3) is 11.1. The predicted octanol–water partition coefficient (Wildman–Crippen LogP) is 10.2. The van der Waals surface area contributed by atoms with Gasteiger partial charge >= 0.3 is 23.6 Å². The van der Waals surface area contributed by atoms with Crippen LogP contribution in [0.15, 0.2) is 72.8 Å². The van der Waals surface area contributed by atoms with E-state index >= 15 is 0 Å². The molecule has 4 aromatic rings. The van der Waals surface area contributed by atoms with Gasteiger partial charge in [-0.25, -0.2) is 19.6 Å². The average molecular weight is 817 g/mol. The topological polar surface area (TPSA) is 213 Å². The van der Waals surface area contributed by atoms with Gasteiger partial charge in [0.25, 0.3) is 0 Å². The highest BCUT2D eigenvalue weighted by Gasteiger charge is 2.42. The van der Waals surface area contributed by atoms with E-state index in [0.29, 0.717) is 17.1 Å². The van der Waals surface area contributed by atoms with Gasteiger partial charge in [-0.05, 0) is 135 Å². The number of hydrogen-bond acceptors (Lipinski definition) is 12. The molecule has 2 fully saturated rings. The number of anilines is 4. The van der Waals surface area contributed by atoms with Crippen LogP contribution < -0.4 is 21.3 Å². The smallest absolute Gasteiger partial charge is 0.408 e. The minimum Gasteiger partial charge on any atom is -0.444 e. The minimum absolute atomic E-state index is 0.0699. The maximum atomic E-state index is 12.3. The van der Waals surface area contributed by atoms with Gasteiger partial charge < -0.3 is 30.7 Å². The number of carbonyl (C=O) groups is 2. The molecule has 2 aliphatic rings. The predicted molar refractivity (Wildman–Crippen MR) is 221 cm³/mol. The third-order valence-corrected chi connectivity index (χ3v) is 9.75. The Bertz CT molecular complexity index is 1990. The first kappa shape index (κ1) is 43.1. The van der Waals surface area contributed by atoms with Gasteiger partial charge in [0.05, 0.1) is 20.9 Å². The fourth-order valence-electron chi connectivity index (χ4n) is 6.50. The number of nitro groups is 2. The molecule has 17 heteroatoms. The van der Waals surface area contributed by atoms with Crippen LogP contribution in [0, 0.1) is 27.2 Å². The molecule has 0 spiro atoms. The van der Waals surface area contributed by atoms with Gasteiger partial charge in [0.2, 0.25) is 11.6 Å². The van der Waals surface area contributed by atoms with E-state index in [2.05, 4.69) is 31.2 Å². The number of amides is 2. The Balaban J connectivity index is 0.000000221. The number of pyridine rings is 2. The van der Waals surface area contributed by atoms with Gasteiger partial charge in [-0.3, -0.25) is 20.2 Å². The summed E-state index contributed by atoms with van der Waals surface area (Å²) in [6.07, 6.45) is 4.47. The van der Waals surface area contributed by atoms with E-state index in [0.717, 1.165) is 49.7 Å². The van der Waals surface area contributed by atoms with Gasteiger partial charge in [-0.1, -0.05) is 35.9 Å². The van der Waals surface area contributed by atoms with Crippen molar-refractivity contribution < 1.29 is 28.9 Å². The Labute approximate surface area is 341 Å². The van der Waals surface area contributed by atoms with Crippen LogP contribution in [0.4, 0.5) is 44.0 Å². The number of carbonyl (C=O) groups excluding carboxylic acids is 2. The second kappa shape index (κ2) is 17.2. The number of nitrogens with one attached hydrogen (secondary N) is 4. The maximum absolute atomic E-state index is 12.3. The molecule has 2 saturated carbocycles. The number of alkyl carbamates (subject to hydrolysis) is 2. The van der Waals surface area contributed by atoms with Gasteiger partial charge in [0, 0.05) is 29.2 Å². The molecule has 0 saturated heterocycles. The maximum Gasteiger partial charge on any atom is 0.408 e. The van der Waals surface area contributed by atoms with Crippen molar-refractivity contribution in [3.63, 3.8) is 0 Å². The van der Waals surface area contributed by atoms with Crippen LogP contribution in [-0.4, -0.2) is 43.2 Å². The lowest BCUT2D eigenvalue weighted by atomic mass is 9.72. The lowest BCUT2D eigenvalue weighted by Gasteiger charge is -2.43. The second-order valence-electron chi connectivity index (χ2n) is 16.4. The molecule has 0 atom stereocenters. The Morgan fingerprint density at radius 3 is 1.36 bits per heavy atom. The molecule has 2 heterocycles. The highest BCUT2D eigenvalue weighted by atomic mass is 35.5. The van der Waals surface area contributed by atoms with Crippen LogP contribution in [0.25, 0.3) is 0 Å². The lowest BCUT2D eigenvalue weighted by molar-refractivity contribution is -0.384. The summed E-state index contributed by atoms with van der Waals surface area (Å²) in [5.41, 5.74) is 1.66. The van der Waals surface area contributed by atoms with E-state index in [1.54, 1.807) is 25.1 Å². The molecule has 4 N–H and O–H groups in total. The van der Waals surface area contributed by atoms with Crippen molar-refractivity contribution in [2.45, 2.75) is 109 Å². The molecule has 2 aromatic carbocycles. The molecule has 58 heavy (non-hydrogen) atoms. The Kier molecular flexibility index (Phi) is 12.8. The Morgan fingerprint density at radius 2 is 1.02 bits per heavy atom. The molecule has 6 rings (SSSR count). The summed E-state index contributed by atoms with van der Waals surface area (Å²) in [5.74, 6) is 0.272. The number of halogens is 1. The summed E-state index contributed by atoms with van der Waals surface area (Å²) in [5, 5.41) is 34.5. The van der Waals surface area contributed by atoms with Crippen LogP contribution in [0.5, 0.6) is 0 Å². The number of benzene rings is 2. The lowest BCUT2D eigenvalue weighted by Crippen LogP contribution is -2.52. The zero-order valence-electron chi connectivity index (χ0n) is 33.6. The molecule has 2 aromatic heterocycles. The first-order chi connectivity index (χ1) is 27.2.